The van der Waals surface area contributed by atoms with Gasteiger partial charge in [0.15, 0.2) is 0 Å². The lowest BCUT2D eigenvalue weighted by Gasteiger charge is -2.29. The Morgan fingerprint density at radius 1 is 1.10 bits per heavy atom. The molecule has 2 fully saturated rings. The Morgan fingerprint density at radius 3 is 2.75 bits per heavy atom. The van der Waals surface area contributed by atoms with Crippen molar-refractivity contribution in [3.63, 3.8) is 0 Å². The highest BCUT2D eigenvalue weighted by atomic mass is 19.1. The Kier molecular flexibility index (Phi) is 4.15. The van der Waals surface area contributed by atoms with E-state index < -0.39 is 6.17 Å². The largest absolute Gasteiger partial charge is 0.355 e. The van der Waals surface area contributed by atoms with E-state index in [2.05, 4.69) is 19.8 Å². The fourth-order valence-electron chi connectivity index (χ4n) is 3.42. The normalized spacial score (nSPS) is 28.6. The molecule has 1 aliphatic heterocycles. The summed E-state index contributed by atoms with van der Waals surface area (Å²) < 4.78 is 13.9. The van der Waals surface area contributed by atoms with Gasteiger partial charge in [0, 0.05) is 44.0 Å². The summed E-state index contributed by atoms with van der Waals surface area (Å²) in [4.78, 5) is 13.2. The minimum Gasteiger partial charge on any atom is -0.355 e. The van der Waals surface area contributed by atoms with Gasteiger partial charge in [0.05, 0.1) is 0 Å². The van der Waals surface area contributed by atoms with E-state index in [9.17, 15) is 4.39 Å². The van der Waals surface area contributed by atoms with E-state index in [1.165, 1.54) is 0 Å². The molecule has 1 aromatic heterocycles. The third kappa shape index (κ3) is 2.92. The standard InChI is InChI=1S/C15H23FN4/c1-12-10-15(18-11-17-12)20-7-3-6-19(8-9-20)14-5-2-4-13(14)16/h10-11,13-14H,2-9H2,1H3/t13-,14-/m1/s1. The fraction of sp³-hybridized carbons (Fsp3) is 0.733. The van der Waals surface area contributed by atoms with Crippen LogP contribution < -0.4 is 4.90 Å². The van der Waals surface area contributed by atoms with E-state index in [-0.39, 0.29) is 6.04 Å². The first-order valence-electron chi connectivity index (χ1n) is 7.66. The Bertz CT molecular complexity index is 453. The van der Waals surface area contributed by atoms with Gasteiger partial charge in [0.2, 0.25) is 0 Å². The van der Waals surface area contributed by atoms with E-state index in [1.807, 2.05) is 13.0 Å². The summed E-state index contributed by atoms with van der Waals surface area (Å²) in [5.41, 5.74) is 0.996. The third-order valence-corrected chi connectivity index (χ3v) is 4.51. The Hall–Kier alpha value is -1.23. The predicted molar refractivity (Wildman–Crippen MR) is 77.7 cm³/mol. The maximum Gasteiger partial charge on any atom is 0.132 e. The number of aryl methyl sites for hydroxylation is 1. The van der Waals surface area contributed by atoms with Gasteiger partial charge < -0.3 is 4.90 Å². The molecule has 0 radical (unpaired) electrons. The number of nitrogens with zero attached hydrogens (tertiary/aromatic N) is 4. The topological polar surface area (TPSA) is 32.3 Å². The molecule has 1 saturated carbocycles. The molecular weight excluding hydrogens is 255 g/mol. The molecule has 20 heavy (non-hydrogen) atoms. The summed E-state index contributed by atoms with van der Waals surface area (Å²) in [5, 5.41) is 0. The van der Waals surface area contributed by atoms with Gasteiger partial charge in [0.1, 0.15) is 18.3 Å². The Labute approximate surface area is 120 Å². The molecule has 110 valence electrons. The zero-order chi connectivity index (χ0) is 13.9. The van der Waals surface area contributed by atoms with Crippen molar-refractivity contribution < 1.29 is 4.39 Å². The van der Waals surface area contributed by atoms with Crippen LogP contribution in [-0.4, -0.2) is 53.3 Å². The third-order valence-electron chi connectivity index (χ3n) is 4.51. The average Bonchev–Trinajstić information content (AvgIpc) is 2.73. The van der Waals surface area contributed by atoms with Crippen LogP contribution in [-0.2, 0) is 0 Å². The molecule has 4 nitrogen and oxygen atoms in total. The molecular formula is C15H23FN4. The maximum absolute atomic E-state index is 13.9. The maximum atomic E-state index is 13.9. The van der Waals surface area contributed by atoms with Crippen molar-refractivity contribution in [3.05, 3.63) is 18.1 Å². The van der Waals surface area contributed by atoms with Gasteiger partial charge in [0.25, 0.3) is 0 Å². The highest BCUT2D eigenvalue weighted by Crippen LogP contribution is 2.28. The van der Waals surface area contributed by atoms with Gasteiger partial charge in [-0.25, -0.2) is 14.4 Å². The molecule has 2 heterocycles. The van der Waals surface area contributed by atoms with Crippen molar-refractivity contribution in [2.75, 3.05) is 31.1 Å². The molecule has 3 rings (SSSR count). The molecule has 0 unspecified atom stereocenters. The zero-order valence-electron chi connectivity index (χ0n) is 12.1. The van der Waals surface area contributed by atoms with E-state index in [0.717, 1.165) is 63.4 Å². The molecule has 1 aliphatic carbocycles. The second-order valence-electron chi connectivity index (χ2n) is 5.91. The number of hydrogen-bond donors (Lipinski definition) is 0. The Morgan fingerprint density at radius 2 is 2.00 bits per heavy atom. The molecule has 0 bridgehead atoms. The zero-order valence-corrected chi connectivity index (χ0v) is 12.1. The summed E-state index contributed by atoms with van der Waals surface area (Å²) >= 11 is 0. The van der Waals surface area contributed by atoms with Crippen LogP contribution in [0.15, 0.2) is 12.4 Å². The van der Waals surface area contributed by atoms with E-state index in [4.69, 9.17) is 0 Å². The van der Waals surface area contributed by atoms with Crippen molar-refractivity contribution in [2.24, 2.45) is 0 Å². The van der Waals surface area contributed by atoms with Crippen LogP contribution in [0.25, 0.3) is 0 Å². The second-order valence-corrected chi connectivity index (χ2v) is 5.91. The summed E-state index contributed by atoms with van der Waals surface area (Å²) in [6.45, 7) is 5.86. The van der Waals surface area contributed by atoms with Crippen molar-refractivity contribution in [1.82, 2.24) is 14.9 Å². The molecule has 2 atom stereocenters. The van der Waals surface area contributed by atoms with Crippen LogP contribution in [0.1, 0.15) is 31.4 Å². The summed E-state index contributed by atoms with van der Waals surface area (Å²) in [6.07, 6.45) is 4.89. The van der Waals surface area contributed by atoms with Crippen molar-refractivity contribution >= 4 is 5.82 Å². The summed E-state index contributed by atoms with van der Waals surface area (Å²) in [5.74, 6) is 1.00. The van der Waals surface area contributed by atoms with Crippen LogP contribution in [0.3, 0.4) is 0 Å². The quantitative estimate of drug-likeness (QED) is 0.830. The van der Waals surface area contributed by atoms with E-state index in [0.29, 0.717) is 0 Å². The van der Waals surface area contributed by atoms with Crippen molar-refractivity contribution in [2.45, 2.75) is 44.8 Å². The molecule has 0 spiro atoms. The lowest BCUT2D eigenvalue weighted by atomic mass is 10.2. The lowest BCUT2D eigenvalue weighted by molar-refractivity contribution is 0.139. The monoisotopic (exact) mass is 278 g/mol. The van der Waals surface area contributed by atoms with Crippen LogP contribution in [0.2, 0.25) is 0 Å². The number of hydrogen-bond acceptors (Lipinski definition) is 4. The number of aromatic nitrogens is 2. The van der Waals surface area contributed by atoms with Gasteiger partial charge in [-0.15, -0.1) is 0 Å². The fourth-order valence-corrected chi connectivity index (χ4v) is 3.42. The number of anilines is 1. The van der Waals surface area contributed by atoms with Crippen LogP contribution in [0, 0.1) is 6.92 Å². The second kappa shape index (κ2) is 6.04. The molecule has 0 N–H and O–H groups in total. The van der Waals surface area contributed by atoms with Crippen LogP contribution in [0.5, 0.6) is 0 Å². The molecule has 2 aliphatic rings. The highest BCUT2D eigenvalue weighted by Gasteiger charge is 2.32. The lowest BCUT2D eigenvalue weighted by Crippen LogP contribution is -2.41. The number of halogens is 1. The number of rotatable bonds is 2. The average molecular weight is 278 g/mol. The van der Waals surface area contributed by atoms with Crippen molar-refractivity contribution in [1.29, 1.82) is 0 Å². The molecule has 1 aromatic rings. The van der Waals surface area contributed by atoms with Crippen LogP contribution in [0.4, 0.5) is 10.2 Å². The first-order valence-corrected chi connectivity index (χ1v) is 7.66. The Balaban J connectivity index is 1.65. The summed E-state index contributed by atoms with van der Waals surface area (Å²) in [6, 6.07) is 2.19. The van der Waals surface area contributed by atoms with Gasteiger partial charge >= 0.3 is 0 Å². The summed E-state index contributed by atoms with van der Waals surface area (Å²) in [7, 11) is 0. The first kappa shape index (κ1) is 13.7. The van der Waals surface area contributed by atoms with E-state index in [1.54, 1.807) is 6.33 Å². The minimum atomic E-state index is -0.622. The van der Waals surface area contributed by atoms with Gasteiger partial charge in [-0.2, -0.15) is 0 Å². The van der Waals surface area contributed by atoms with Gasteiger partial charge in [-0.1, -0.05) is 0 Å². The number of alkyl halides is 1. The smallest absolute Gasteiger partial charge is 0.132 e. The highest BCUT2D eigenvalue weighted by molar-refractivity contribution is 5.38. The van der Waals surface area contributed by atoms with Gasteiger partial charge in [-0.05, 0) is 32.6 Å². The molecule has 1 saturated heterocycles. The first-order chi connectivity index (χ1) is 9.74. The van der Waals surface area contributed by atoms with E-state index >= 15 is 0 Å². The van der Waals surface area contributed by atoms with Crippen molar-refractivity contribution in [3.8, 4) is 0 Å². The molecule has 0 aromatic carbocycles. The molecule has 0 amide bonds. The van der Waals surface area contributed by atoms with Gasteiger partial charge in [-0.3, -0.25) is 4.90 Å². The van der Waals surface area contributed by atoms with Crippen LogP contribution >= 0.6 is 0 Å². The SMILES string of the molecule is Cc1cc(N2CCCN([C@@H]3CCC[C@H]3F)CC2)ncn1. The predicted octanol–water partition coefficient (Wildman–Crippen LogP) is 2.19. The molecule has 5 heteroatoms. The minimum absolute atomic E-state index is 0.155.